The van der Waals surface area contributed by atoms with Gasteiger partial charge in [0.1, 0.15) is 5.82 Å². The summed E-state index contributed by atoms with van der Waals surface area (Å²) >= 11 is 0. The Morgan fingerprint density at radius 1 is 1.02 bits per heavy atom. The van der Waals surface area contributed by atoms with Crippen LogP contribution in [0.25, 0.3) is 17.1 Å². The minimum Gasteiger partial charge on any atom is -0.376 e. The fraction of sp³-hybridized carbons (Fsp3) is 0.457. The molecule has 2 unspecified atom stereocenters. The molecule has 41 heavy (non-hydrogen) atoms. The summed E-state index contributed by atoms with van der Waals surface area (Å²) in [6, 6.07) is 13.1. The van der Waals surface area contributed by atoms with Crippen molar-refractivity contribution in [2.24, 2.45) is 10.9 Å². The molecule has 0 N–H and O–H groups in total. The van der Waals surface area contributed by atoms with Gasteiger partial charge in [0.2, 0.25) is 0 Å². The molecule has 6 heteroatoms. The molecule has 0 spiro atoms. The van der Waals surface area contributed by atoms with Crippen molar-refractivity contribution in [3.63, 3.8) is 0 Å². The summed E-state index contributed by atoms with van der Waals surface area (Å²) in [6.07, 6.45) is 17.8. The Hall–Kier alpha value is -3.35. The maximum atomic E-state index is 5.80. The van der Waals surface area contributed by atoms with E-state index in [9.17, 15) is 0 Å². The highest BCUT2D eigenvalue weighted by Gasteiger charge is 2.26. The van der Waals surface area contributed by atoms with Crippen LogP contribution in [-0.2, 0) is 24.2 Å². The molecular weight excluding hydrogens is 506 g/mol. The summed E-state index contributed by atoms with van der Waals surface area (Å²) in [7, 11) is 0. The molecule has 2 aromatic heterocycles. The molecule has 212 valence electrons. The first kappa shape index (κ1) is 26.5. The van der Waals surface area contributed by atoms with E-state index in [0.717, 1.165) is 81.8 Å². The van der Waals surface area contributed by atoms with E-state index < -0.39 is 0 Å². The Morgan fingerprint density at radius 2 is 1.93 bits per heavy atom. The molecule has 1 aliphatic carbocycles. The third-order valence-corrected chi connectivity index (χ3v) is 9.57. The lowest BCUT2D eigenvalue weighted by atomic mass is 9.80. The van der Waals surface area contributed by atoms with Crippen LogP contribution in [0.15, 0.2) is 71.4 Å². The second-order valence-electron chi connectivity index (χ2n) is 12.2. The highest BCUT2D eigenvalue weighted by atomic mass is 16.5. The van der Waals surface area contributed by atoms with E-state index in [4.69, 9.17) is 14.7 Å². The van der Waals surface area contributed by atoms with Gasteiger partial charge in [-0.25, -0.2) is 4.98 Å². The monoisotopic (exact) mass is 547 g/mol. The Labute approximate surface area is 243 Å². The van der Waals surface area contributed by atoms with Crippen LogP contribution in [0.5, 0.6) is 0 Å². The first-order valence-electron chi connectivity index (χ1n) is 15.6. The standard InChI is InChI=1S/C35H41N5O/c1-2-25-9-12-33-34(21-25)40(23-30-16-20-41-30)35(38-33)24-39-18-14-28(15-19-39)32-8-4-7-29(37-32)11-10-26-5-3-6-27-13-17-36-22-31(26)27/h2,4,7-9,12-13,17,21-22,27-28,30H,1,3,5-6,10-11,14-16,18-20,23-24H2. The molecule has 2 saturated heterocycles. The molecule has 0 saturated carbocycles. The van der Waals surface area contributed by atoms with Gasteiger partial charge in [0, 0.05) is 42.2 Å². The smallest absolute Gasteiger partial charge is 0.124 e. The van der Waals surface area contributed by atoms with E-state index in [-0.39, 0.29) is 0 Å². The zero-order chi connectivity index (χ0) is 27.6. The number of fused-ring (bicyclic) bond motifs is 2. The van der Waals surface area contributed by atoms with Gasteiger partial charge < -0.3 is 9.30 Å². The Morgan fingerprint density at radius 3 is 2.76 bits per heavy atom. The Balaban J connectivity index is 0.994. The molecule has 1 aromatic carbocycles. The maximum absolute atomic E-state index is 5.80. The second-order valence-corrected chi connectivity index (χ2v) is 12.2. The SMILES string of the molecule is C=Cc1ccc2nc(CN3CCC(c4cccc(CCC5=C6C=NC=CC6CCC5)n4)CC3)n(CC3CCO3)c2c1. The zero-order valence-electron chi connectivity index (χ0n) is 24.0. The Kier molecular flexibility index (Phi) is 7.68. The van der Waals surface area contributed by atoms with Gasteiger partial charge in [-0.15, -0.1) is 0 Å². The Bertz CT molecular complexity index is 1500. The quantitative estimate of drug-likeness (QED) is 0.293. The minimum absolute atomic E-state index is 0.298. The number of hydrogen-bond acceptors (Lipinski definition) is 5. The molecule has 2 atom stereocenters. The number of piperidine rings is 1. The number of likely N-dealkylation sites (tertiary alicyclic amines) is 1. The summed E-state index contributed by atoms with van der Waals surface area (Å²) in [4.78, 5) is 17.2. The number of pyridine rings is 1. The summed E-state index contributed by atoms with van der Waals surface area (Å²) < 4.78 is 8.19. The van der Waals surface area contributed by atoms with Crippen molar-refractivity contribution in [3.05, 3.63) is 89.2 Å². The minimum atomic E-state index is 0.298. The van der Waals surface area contributed by atoms with Crippen molar-refractivity contribution < 1.29 is 4.74 Å². The van der Waals surface area contributed by atoms with Gasteiger partial charge in [-0.2, -0.15) is 0 Å². The first-order valence-corrected chi connectivity index (χ1v) is 15.6. The van der Waals surface area contributed by atoms with Gasteiger partial charge in [0.15, 0.2) is 0 Å². The van der Waals surface area contributed by atoms with Gasteiger partial charge in [0.05, 0.1) is 30.2 Å². The largest absolute Gasteiger partial charge is 0.376 e. The number of nitrogens with zero attached hydrogens (tertiary/aromatic N) is 5. The van der Waals surface area contributed by atoms with E-state index in [2.05, 4.69) is 69.7 Å². The van der Waals surface area contributed by atoms with Crippen molar-refractivity contribution in [3.8, 4) is 0 Å². The third kappa shape index (κ3) is 5.73. The predicted octanol–water partition coefficient (Wildman–Crippen LogP) is 6.87. The topological polar surface area (TPSA) is 55.5 Å². The summed E-state index contributed by atoms with van der Waals surface area (Å²) in [6.45, 7) is 8.73. The first-order chi connectivity index (χ1) is 20.2. The number of aryl methyl sites for hydroxylation is 1. The van der Waals surface area contributed by atoms with Gasteiger partial charge in [-0.05, 0) is 99.9 Å². The molecule has 2 fully saturated rings. The number of hydrogen-bond donors (Lipinski definition) is 0. The average Bonchev–Trinajstić information content (AvgIpc) is 3.34. The normalized spacial score (nSPS) is 23.1. The van der Waals surface area contributed by atoms with Gasteiger partial charge >= 0.3 is 0 Å². The van der Waals surface area contributed by atoms with Crippen molar-refractivity contribution in [1.29, 1.82) is 0 Å². The molecule has 7 rings (SSSR count). The highest BCUT2D eigenvalue weighted by molar-refractivity contribution is 5.83. The molecule has 0 radical (unpaired) electrons. The molecule has 0 amide bonds. The maximum Gasteiger partial charge on any atom is 0.124 e. The van der Waals surface area contributed by atoms with Crippen LogP contribution >= 0.6 is 0 Å². The lowest BCUT2D eigenvalue weighted by molar-refractivity contribution is -0.0592. The molecule has 4 aliphatic rings. The fourth-order valence-corrected chi connectivity index (χ4v) is 7.03. The molecule has 3 aliphatic heterocycles. The van der Waals surface area contributed by atoms with Crippen LogP contribution in [0, 0.1) is 5.92 Å². The van der Waals surface area contributed by atoms with E-state index in [1.807, 2.05) is 12.3 Å². The number of aliphatic imine (C=N–C) groups is 1. The van der Waals surface area contributed by atoms with Crippen LogP contribution in [0.1, 0.15) is 73.6 Å². The molecule has 5 heterocycles. The number of imidazole rings is 1. The summed E-state index contributed by atoms with van der Waals surface area (Å²) in [5, 5.41) is 0. The van der Waals surface area contributed by atoms with Crippen LogP contribution in [0.3, 0.4) is 0 Å². The number of rotatable bonds is 9. The van der Waals surface area contributed by atoms with E-state index in [1.165, 1.54) is 41.7 Å². The van der Waals surface area contributed by atoms with Crippen LogP contribution < -0.4 is 0 Å². The second kappa shape index (κ2) is 11.9. The van der Waals surface area contributed by atoms with E-state index >= 15 is 0 Å². The number of benzene rings is 1. The van der Waals surface area contributed by atoms with Gasteiger partial charge in [-0.3, -0.25) is 14.9 Å². The van der Waals surface area contributed by atoms with Crippen molar-refractivity contribution in [2.75, 3.05) is 19.7 Å². The molecule has 0 bridgehead atoms. The van der Waals surface area contributed by atoms with E-state index in [1.54, 1.807) is 5.57 Å². The molecule has 3 aromatic rings. The highest BCUT2D eigenvalue weighted by Crippen LogP contribution is 2.34. The zero-order valence-corrected chi connectivity index (χ0v) is 24.0. The lowest BCUT2D eigenvalue weighted by Crippen LogP contribution is -2.35. The summed E-state index contributed by atoms with van der Waals surface area (Å²) in [5.74, 6) is 2.25. The molecule has 6 nitrogen and oxygen atoms in total. The fourth-order valence-electron chi connectivity index (χ4n) is 7.03. The van der Waals surface area contributed by atoms with Gasteiger partial charge in [-0.1, -0.05) is 36.4 Å². The van der Waals surface area contributed by atoms with Crippen molar-refractivity contribution in [2.45, 2.75) is 76.5 Å². The summed E-state index contributed by atoms with van der Waals surface area (Å²) in [5.41, 5.74) is 8.95. The van der Waals surface area contributed by atoms with Gasteiger partial charge in [0.25, 0.3) is 0 Å². The number of ether oxygens (including phenoxy) is 1. The molecular formula is C35H41N5O. The van der Waals surface area contributed by atoms with Crippen LogP contribution in [0.2, 0.25) is 0 Å². The van der Waals surface area contributed by atoms with Crippen molar-refractivity contribution >= 4 is 23.3 Å². The van der Waals surface area contributed by atoms with E-state index in [0.29, 0.717) is 17.9 Å². The van der Waals surface area contributed by atoms with Crippen LogP contribution in [0.4, 0.5) is 0 Å². The van der Waals surface area contributed by atoms with Crippen molar-refractivity contribution in [1.82, 2.24) is 19.4 Å². The predicted molar refractivity (Wildman–Crippen MR) is 166 cm³/mol. The third-order valence-electron chi connectivity index (χ3n) is 9.57. The lowest BCUT2D eigenvalue weighted by Gasteiger charge is -2.32. The number of allylic oxidation sites excluding steroid dienone is 3. The average molecular weight is 548 g/mol. The van der Waals surface area contributed by atoms with Crippen LogP contribution in [-0.4, -0.2) is 51.4 Å². The number of aromatic nitrogens is 3.